The first-order valence-corrected chi connectivity index (χ1v) is 7.89. The summed E-state index contributed by atoms with van der Waals surface area (Å²) in [5, 5.41) is 0. The normalized spacial score (nSPS) is 21.2. The van der Waals surface area contributed by atoms with E-state index in [2.05, 4.69) is 48.0 Å². The highest BCUT2D eigenvalue weighted by Gasteiger charge is 2.31. The van der Waals surface area contributed by atoms with Crippen LogP contribution in [0.4, 0.5) is 11.8 Å². The summed E-state index contributed by atoms with van der Waals surface area (Å²) in [5.41, 5.74) is 2.86. The van der Waals surface area contributed by atoms with E-state index in [4.69, 9.17) is 4.98 Å². The Balaban J connectivity index is 1.85. The van der Waals surface area contributed by atoms with Gasteiger partial charge in [-0.1, -0.05) is 24.3 Å². The maximum Gasteiger partial charge on any atom is 0.226 e. The zero-order chi connectivity index (χ0) is 15.7. The van der Waals surface area contributed by atoms with E-state index < -0.39 is 0 Å². The predicted octanol–water partition coefficient (Wildman–Crippen LogP) is 3.23. The third-order valence-electron chi connectivity index (χ3n) is 4.53. The van der Waals surface area contributed by atoms with Gasteiger partial charge in [-0.05, 0) is 37.5 Å². The monoisotopic (exact) mass is 296 g/mol. The average Bonchev–Trinajstić information content (AvgIpc) is 2.89. The highest BCUT2D eigenvalue weighted by molar-refractivity contribution is 5.47. The van der Waals surface area contributed by atoms with E-state index in [1.54, 1.807) is 0 Å². The molecule has 22 heavy (non-hydrogen) atoms. The summed E-state index contributed by atoms with van der Waals surface area (Å²) in [6.45, 7) is 5.52. The van der Waals surface area contributed by atoms with Crippen LogP contribution in [0.3, 0.4) is 0 Å². The second-order valence-corrected chi connectivity index (χ2v) is 6.40. The standard InChI is InChI=1S/C18H24N4/c1-13-7-5-6-8-16(13)15-11-14(2)22(12-15)17-9-10-19-18(20-17)21(3)4/h5-10,14-15H,11-12H2,1-4H3. The highest BCUT2D eigenvalue weighted by atomic mass is 15.3. The Labute approximate surface area is 132 Å². The van der Waals surface area contributed by atoms with Gasteiger partial charge in [0.25, 0.3) is 0 Å². The van der Waals surface area contributed by atoms with Crippen LogP contribution in [0.1, 0.15) is 30.4 Å². The molecule has 0 aliphatic carbocycles. The minimum atomic E-state index is 0.495. The van der Waals surface area contributed by atoms with Crippen molar-refractivity contribution in [3.63, 3.8) is 0 Å². The maximum atomic E-state index is 4.70. The number of aromatic nitrogens is 2. The molecule has 2 atom stereocenters. The molecule has 2 unspecified atom stereocenters. The van der Waals surface area contributed by atoms with Gasteiger partial charge in [0.2, 0.25) is 5.95 Å². The van der Waals surface area contributed by atoms with E-state index in [1.807, 2.05) is 31.3 Å². The van der Waals surface area contributed by atoms with E-state index in [9.17, 15) is 0 Å². The van der Waals surface area contributed by atoms with Gasteiger partial charge in [0, 0.05) is 38.8 Å². The fraction of sp³-hybridized carbons (Fsp3) is 0.444. The van der Waals surface area contributed by atoms with Crippen LogP contribution in [0.25, 0.3) is 0 Å². The molecule has 0 radical (unpaired) electrons. The fourth-order valence-corrected chi connectivity index (χ4v) is 3.34. The average molecular weight is 296 g/mol. The fourth-order valence-electron chi connectivity index (χ4n) is 3.34. The summed E-state index contributed by atoms with van der Waals surface area (Å²) < 4.78 is 0. The van der Waals surface area contributed by atoms with Gasteiger partial charge >= 0.3 is 0 Å². The molecule has 1 aromatic carbocycles. The lowest BCUT2D eigenvalue weighted by atomic mass is 9.93. The van der Waals surface area contributed by atoms with E-state index in [0.29, 0.717) is 12.0 Å². The molecule has 0 spiro atoms. The Bertz CT molecular complexity index is 653. The van der Waals surface area contributed by atoms with Gasteiger partial charge in [0.15, 0.2) is 0 Å². The Morgan fingerprint density at radius 2 is 1.95 bits per heavy atom. The van der Waals surface area contributed by atoms with Crippen molar-refractivity contribution in [1.82, 2.24) is 9.97 Å². The maximum absolute atomic E-state index is 4.70. The lowest BCUT2D eigenvalue weighted by Crippen LogP contribution is -2.28. The largest absolute Gasteiger partial charge is 0.353 e. The Morgan fingerprint density at radius 3 is 2.68 bits per heavy atom. The van der Waals surface area contributed by atoms with Gasteiger partial charge in [0.05, 0.1) is 0 Å². The number of benzene rings is 1. The molecule has 116 valence electrons. The van der Waals surface area contributed by atoms with Gasteiger partial charge in [-0.25, -0.2) is 4.98 Å². The molecule has 4 nitrogen and oxygen atoms in total. The first-order chi connectivity index (χ1) is 10.6. The second kappa shape index (κ2) is 5.95. The highest BCUT2D eigenvalue weighted by Crippen LogP contribution is 2.35. The molecule has 0 amide bonds. The predicted molar refractivity (Wildman–Crippen MR) is 91.7 cm³/mol. The molecule has 4 heteroatoms. The van der Waals surface area contributed by atoms with Crippen LogP contribution in [0.5, 0.6) is 0 Å². The molecule has 1 aliphatic heterocycles. The summed E-state index contributed by atoms with van der Waals surface area (Å²) in [6, 6.07) is 11.2. The third kappa shape index (κ3) is 2.78. The number of nitrogens with zero attached hydrogens (tertiary/aromatic N) is 4. The molecule has 2 heterocycles. The van der Waals surface area contributed by atoms with E-state index in [1.165, 1.54) is 17.5 Å². The lowest BCUT2D eigenvalue weighted by Gasteiger charge is -2.23. The molecular weight excluding hydrogens is 272 g/mol. The van der Waals surface area contributed by atoms with Crippen LogP contribution in [-0.4, -0.2) is 36.6 Å². The van der Waals surface area contributed by atoms with Gasteiger partial charge in [-0.2, -0.15) is 4.98 Å². The quantitative estimate of drug-likeness (QED) is 0.870. The van der Waals surface area contributed by atoms with Crippen LogP contribution < -0.4 is 9.80 Å². The van der Waals surface area contributed by atoms with Crippen molar-refractivity contribution in [1.29, 1.82) is 0 Å². The van der Waals surface area contributed by atoms with Crippen LogP contribution >= 0.6 is 0 Å². The van der Waals surface area contributed by atoms with E-state index in [-0.39, 0.29) is 0 Å². The van der Waals surface area contributed by atoms with Crippen molar-refractivity contribution < 1.29 is 0 Å². The number of hydrogen-bond acceptors (Lipinski definition) is 4. The number of hydrogen-bond donors (Lipinski definition) is 0. The summed E-state index contributed by atoms with van der Waals surface area (Å²) in [6.07, 6.45) is 3.03. The van der Waals surface area contributed by atoms with Gasteiger partial charge in [-0.3, -0.25) is 0 Å². The number of anilines is 2. The van der Waals surface area contributed by atoms with Crippen LogP contribution in [0.15, 0.2) is 36.5 Å². The van der Waals surface area contributed by atoms with E-state index in [0.717, 1.165) is 18.3 Å². The molecule has 0 N–H and O–H groups in total. The van der Waals surface area contributed by atoms with Crippen LogP contribution in [-0.2, 0) is 0 Å². The molecule has 0 saturated carbocycles. The van der Waals surface area contributed by atoms with Crippen LogP contribution in [0, 0.1) is 6.92 Å². The lowest BCUT2D eigenvalue weighted by molar-refractivity contribution is 0.694. The molecule has 1 fully saturated rings. The van der Waals surface area contributed by atoms with Crippen molar-refractivity contribution >= 4 is 11.8 Å². The minimum absolute atomic E-state index is 0.495. The first kappa shape index (κ1) is 14.8. The van der Waals surface area contributed by atoms with Crippen molar-refractivity contribution in [2.24, 2.45) is 0 Å². The Kier molecular flexibility index (Phi) is 4.01. The molecule has 1 aliphatic rings. The first-order valence-electron chi connectivity index (χ1n) is 7.89. The minimum Gasteiger partial charge on any atom is -0.353 e. The Hall–Kier alpha value is -2.10. The zero-order valence-electron chi connectivity index (χ0n) is 13.8. The van der Waals surface area contributed by atoms with Crippen molar-refractivity contribution in [2.75, 3.05) is 30.4 Å². The van der Waals surface area contributed by atoms with Crippen molar-refractivity contribution in [2.45, 2.75) is 32.2 Å². The molecular formula is C18H24N4. The summed E-state index contributed by atoms with van der Waals surface area (Å²) in [5.74, 6) is 2.38. The number of rotatable bonds is 3. The van der Waals surface area contributed by atoms with Gasteiger partial charge < -0.3 is 9.80 Å². The van der Waals surface area contributed by atoms with Crippen molar-refractivity contribution in [3.8, 4) is 0 Å². The summed E-state index contributed by atoms with van der Waals surface area (Å²) >= 11 is 0. The summed E-state index contributed by atoms with van der Waals surface area (Å²) in [4.78, 5) is 13.4. The zero-order valence-corrected chi connectivity index (χ0v) is 13.8. The van der Waals surface area contributed by atoms with Crippen LogP contribution in [0.2, 0.25) is 0 Å². The molecule has 1 saturated heterocycles. The molecule has 2 aromatic rings. The molecule has 0 bridgehead atoms. The topological polar surface area (TPSA) is 32.3 Å². The number of aryl methyl sites for hydroxylation is 1. The van der Waals surface area contributed by atoms with Gasteiger partial charge in [0.1, 0.15) is 5.82 Å². The summed E-state index contributed by atoms with van der Waals surface area (Å²) in [7, 11) is 3.95. The second-order valence-electron chi connectivity index (χ2n) is 6.40. The molecule has 3 rings (SSSR count). The third-order valence-corrected chi connectivity index (χ3v) is 4.53. The smallest absolute Gasteiger partial charge is 0.226 e. The SMILES string of the molecule is Cc1ccccc1C1CC(C)N(c2ccnc(N(C)C)n2)C1. The van der Waals surface area contributed by atoms with E-state index >= 15 is 0 Å². The Morgan fingerprint density at radius 1 is 1.18 bits per heavy atom. The van der Waals surface area contributed by atoms with Crippen molar-refractivity contribution in [3.05, 3.63) is 47.7 Å². The van der Waals surface area contributed by atoms with Gasteiger partial charge in [-0.15, -0.1) is 0 Å². The molecule has 1 aromatic heterocycles.